The van der Waals surface area contributed by atoms with Crippen molar-refractivity contribution in [2.75, 3.05) is 32.7 Å². The molecule has 132 valence electrons. The van der Waals surface area contributed by atoms with Crippen LogP contribution in [0.1, 0.15) is 43.1 Å². The van der Waals surface area contributed by atoms with Crippen LogP contribution in [-0.2, 0) is 4.79 Å². The Bertz CT molecular complexity index is 549. The van der Waals surface area contributed by atoms with Crippen LogP contribution in [-0.4, -0.2) is 65.4 Å². The van der Waals surface area contributed by atoms with Gasteiger partial charge < -0.3 is 15.2 Å². The Kier molecular flexibility index (Phi) is 5.56. The fraction of sp³-hybridized carbons (Fsp3) is 0.667. The quantitative estimate of drug-likeness (QED) is 0.877. The summed E-state index contributed by atoms with van der Waals surface area (Å²) in [7, 11) is 0. The van der Waals surface area contributed by atoms with E-state index in [0.717, 1.165) is 25.9 Å². The van der Waals surface area contributed by atoms with Crippen LogP contribution < -0.4 is 5.32 Å². The number of piperazine rings is 1. The number of aromatic amines is 1. The highest BCUT2D eigenvalue weighted by atomic mass is 16.2. The van der Waals surface area contributed by atoms with Crippen molar-refractivity contribution in [1.29, 1.82) is 0 Å². The van der Waals surface area contributed by atoms with Crippen LogP contribution in [0.25, 0.3) is 0 Å². The molecule has 1 saturated heterocycles. The molecule has 2 heterocycles. The number of hydrogen-bond donors (Lipinski definition) is 2. The first kappa shape index (κ1) is 17.0. The zero-order valence-electron chi connectivity index (χ0n) is 14.5. The average Bonchev–Trinajstić information content (AvgIpc) is 3.09. The van der Waals surface area contributed by atoms with Gasteiger partial charge in [0.05, 0.1) is 6.54 Å². The maximum atomic E-state index is 12.3. The monoisotopic (exact) mass is 332 g/mol. The molecule has 0 aromatic carbocycles. The maximum Gasteiger partial charge on any atom is 0.270 e. The Labute approximate surface area is 143 Å². The number of carbonyl (C=O) groups is 2. The predicted molar refractivity (Wildman–Crippen MR) is 92.7 cm³/mol. The highest BCUT2D eigenvalue weighted by molar-refractivity contribution is 5.92. The second kappa shape index (κ2) is 7.83. The van der Waals surface area contributed by atoms with Crippen molar-refractivity contribution < 1.29 is 9.59 Å². The van der Waals surface area contributed by atoms with Gasteiger partial charge in [0.25, 0.3) is 5.91 Å². The van der Waals surface area contributed by atoms with Crippen LogP contribution in [0.5, 0.6) is 0 Å². The molecule has 6 nitrogen and oxygen atoms in total. The van der Waals surface area contributed by atoms with E-state index in [1.54, 1.807) is 12.3 Å². The molecule has 1 saturated carbocycles. The molecule has 2 aliphatic rings. The maximum absolute atomic E-state index is 12.3. The van der Waals surface area contributed by atoms with Gasteiger partial charge in [0.2, 0.25) is 5.91 Å². The lowest BCUT2D eigenvalue weighted by molar-refractivity contribution is -0.123. The minimum absolute atomic E-state index is 0.0419. The molecule has 1 aliphatic heterocycles. The van der Waals surface area contributed by atoms with Gasteiger partial charge in [0.1, 0.15) is 5.69 Å². The van der Waals surface area contributed by atoms with Crippen molar-refractivity contribution in [3.8, 4) is 0 Å². The van der Waals surface area contributed by atoms with Crippen molar-refractivity contribution >= 4 is 11.8 Å². The van der Waals surface area contributed by atoms with E-state index in [1.807, 2.05) is 11.0 Å². The molecular weight excluding hydrogens is 304 g/mol. The number of rotatable bonds is 4. The lowest BCUT2D eigenvalue weighted by Gasteiger charge is -2.34. The third kappa shape index (κ3) is 4.38. The predicted octanol–water partition coefficient (Wildman–Crippen LogP) is 1.47. The van der Waals surface area contributed by atoms with E-state index in [1.165, 1.54) is 12.8 Å². The van der Waals surface area contributed by atoms with Gasteiger partial charge in [-0.15, -0.1) is 0 Å². The van der Waals surface area contributed by atoms with E-state index >= 15 is 0 Å². The van der Waals surface area contributed by atoms with Gasteiger partial charge in [-0.2, -0.15) is 0 Å². The average molecular weight is 332 g/mol. The minimum atomic E-state index is 0.0419. The van der Waals surface area contributed by atoms with E-state index in [4.69, 9.17) is 0 Å². The minimum Gasteiger partial charge on any atom is -0.357 e. The molecule has 6 heteroatoms. The van der Waals surface area contributed by atoms with Crippen molar-refractivity contribution in [2.24, 2.45) is 5.92 Å². The zero-order valence-corrected chi connectivity index (χ0v) is 14.5. The third-order valence-electron chi connectivity index (χ3n) is 5.16. The topological polar surface area (TPSA) is 68.4 Å². The largest absolute Gasteiger partial charge is 0.357 e. The molecule has 2 fully saturated rings. The second-order valence-electron chi connectivity index (χ2n) is 7.19. The molecule has 0 radical (unpaired) electrons. The summed E-state index contributed by atoms with van der Waals surface area (Å²) in [6.07, 6.45) is 6.47. The van der Waals surface area contributed by atoms with Crippen LogP contribution in [0, 0.1) is 5.92 Å². The Hall–Kier alpha value is -1.82. The van der Waals surface area contributed by atoms with Crippen LogP contribution in [0.4, 0.5) is 0 Å². The van der Waals surface area contributed by atoms with E-state index < -0.39 is 0 Å². The number of carbonyl (C=O) groups excluding carboxylic acids is 2. The van der Waals surface area contributed by atoms with Crippen LogP contribution in [0.2, 0.25) is 0 Å². The summed E-state index contributed by atoms with van der Waals surface area (Å²) in [5.41, 5.74) is 0.632. The normalized spacial score (nSPS) is 25.5. The van der Waals surface area contributed by atoms with E-state index in [0.29, 0.717) is 37.3 Å². The fourth-order valence-corrected chi connectivity index (χ4v) is 3.78. The molecule has 1 aromatic rings. The molecule has 0 unspecified atom stereocenters. The summed E-state index contributed by atoms with van der Waals surface area (Å²) in [4.78, 5) is 31.5. The molecule has 2 atom stereocenters. The molecule has 0 spiro atoms. The Morgan fingerprint density at radius 3 is 2.71 bits per heavy atom. The number of nitrogens with zero attached hydrogens (tertiary/aromatic N) is 2. The summed E-state index contributed by atoms with van der Waals surface area (Å²) in [5, 5.41) is 3.19. The van der Waals surface area contributed by atoms with Crippen LogP contribution in [0.15, 0.2) is 18.3 Å². The van der Waals surface area contributed by atoms with Gasteiger partial charge in [-0.25, -0.2) is 0 Å². The molecule has 2 N–H and O–H groups in total. The second-order valence-corrected chi connectivity index (χ2v) is 7.19. The Balaban J connectivity index is 1.40. The van der Waals surface area contributed by atoms with Gasteiger partial charge in [-0.1, -0.05) is 19.8 Å². The van der Waals surface area contributed by atoms with Gasteiger partial charge >= 0.3 is 0 Å². The van der Waals surface area contributed by atoms with E-state index in [-0.39, 0.29) is 11.8 Å². The number of H-pyrrole nitrogens is 1. The first-order valence-electron chi connectivity index (χ1n) is 9.06. The molecule has 2 amide bonds. The number of nitrogens with one attached hydrogen (secondary N) is 2. The number of hydrogen-bond acceptors (Lipinski definition) is 3. The Morgan fingerprint density at radius 2 is 2.04 bits per heavy atom. The molecule has 24 heavy (non-hydrogen) atoms. The highest BCUT2D eigenvalue weighted by Gasteiger charge is 2.25. The van der Waals surface area contributed by atoms with Gasteiger partial charge in [-0.05, 0) is 30.9 Å². The molecule has 1 aliphatic carbocycles. The third-order valence-corrected chi connectivity index (χ3v) is 5.16. The number of amides is 2. The van der Waals surface area contributed by atoms with Crippen molar-refractivity contribution in [2.45, 2.75) is 38.6 Å². The summed E-state index contributed by atoms with van der Waals surface area (Å²) in [6.45, 7) is 5.55. The van der Waals surface area contributed by atoms with Crippen molar-refractivity contribution in [3.63, 3.8) is 0 Å². The number of aromatic nitrogens is 1. The fourth-order valence-electron chi connectivity index (χ4n) is 3.78. The SMILES string of the molecule is C[C@@H]1CCC[C@H](NC(=O)CN2CCN(C(=O)c3ccc[nH]3)CC2)C1. The van der Waals surface area contributed by atoms with Crippen molar-refractivity contribution in [1.82, 2.24) is 20.1 Å². The lowest BCUT2D eigenvalue weighted by Crippen LogP contribution is -2.52. The lowest BCUT2D eigenvalue weighted by atomic mass is 9.87. The molecular formula is C18H28N4O2. The highest BCUT2D eigenvalue weighted by Crippen LogP contribution is 2.23. The Morgan fingerprint density at radius 1 is 1.25 bits per heavy atom. The van der Waals surface area contributed by atoms with Crippen LogP contribution in [0.3, 0.4) is 0 Å². The summed E-state index contributed by atoms with van der Waals surface area (Å²) < 4.78 is 0. The summed E-state index contributed by atoms with van der Waals surface area (Å²) >= 11 is 0. The van der Waals surface area contributed by atoms with E-state index in [2.05, 4.69) is 22.1 Å². The van der Waals surface area contributed by atoms with Gasteiger partial charge in [0.15, 0.2) is 0 Å². The summed E-state index contributed by atoms with van der Waals surface area (Å²) in [6, 6.07) is 3.98. The molecule has 0 bridgehead atoms. The standard InChI is InChI=1S/C18H28N4O2/c1-14-4-2-5-15(12-14)20-17(23)13-21-8-10-22(11-9-21)18(24)16-6-3-7-19-16/h3,6-7,14-15,19H,2,4-5,8-13H2,1H3,(H,20,23)/t14-,15+/m1/s1. The first-order chi connectivity index (χ1) is 11.6. The van der Waals surface area contributed by atoms with Crippen molar-refractivity contribution in [3.05, 3.63) is 24.0 Å². The first-order valence-corrected chi connectivity index (χ1v) is 9.06. The smallest absolute Gasteiger partial charge is 0.270 e. The van der Waals surface area contributed by atoms with Crippen LogP contribution >= 0.6 is 0 Å². The zero-order chi connectivity index (χ0) is 16.9. The molecule has 1 aromatic heterocycles. The van der Waals surface area contributed by atoms with Gasteiger partial charge in [0, 0.05) is 38.4 Å². The van der Waals surface area contributed by atoms with E-state index in [9.17, 15) is 9.59 Å². The van der Waals surface area contributed by atoms with Gasteiger partial charge in [-0.3, -0.25) is 14.5 Å². The summed E-state index contributed by atoms with van der Waals surface area (Å²) in [5.74, 6) is 0.880. The molecule has 3 rings (SSSR count).